The normalized spacial score (nSPS) is 25.1. The molecule has 0 aromatic heterocycles. The molecular formula is C15H30N2. The van der Waals surface area contributed by atoms with Gasteiger partial charge >= 0.3 is 0 Å². The van der Waals surface area contributed by atoms with E-state index in [1.165, 1.54) is 64.6 Å². The fourth-order valence-electron chi connectivity index (χ4n) is 2.98. The number of nitrogens with one attached hydrogen (secondary N) is 1. The highest BCUT2D eigenvalue weighted by molar-refractivity contribution is 4.81. The van der Waals surface area contributed by atoms with Crippen LogP contribution in [0.4, 0.5) is 0 Å². The van der Waals surface area contributed by atoms with Gasteiger partial charge in [0.05, 0.1) is 0 Å². The molecule has 2 nitrogen and oxygen atoms in total. The van der Waals surface area contributed by atoms with Crippen molar-refractivity contribution in [1.82, 2.24) is 10.2 Å². The van der Waals surface area contributed by atoms with E-state index in [1.54, 1.807) is 0 Å². The van der Waals surface area contributed by atoms with Gasteiger partial charge in [0.15, 0.2) is 0 Å². The van der Waals surface area contributed by atoms with Gasteiger partial charge in [0.2, 0.25) is 0 Å². The zero-order valence-corrected chi connectivity index (χ0v) is 11.8. The zero-order chi connectivity index (χ0) is 12.1. The van der Waals surface area contributed by atoms with Crippen LogP contribution in [0.1, 0.15) is 58.8 Å². The van der Waals surface area contributed by atoms with Crippen LogP contribution in [-0.4, -0.2) is 36.6 Å². The van der Waals surface area contributed by atoms with Crippen molar-refractivity contribution in [3.05, 3.63) is 0 Å². The van der Waals surface area contributed by atoms with E-state index >= 15 is 0 Å². The van der Waals surface area contributed by atoms with Crippen molar-refractivity contribution < 1.29 is 0 Å². The third-order valence-corrected chi connectivity index (χ3v) is 4.66. The number of hydrogen-bond donors (Lipinski definition) is 1. The van der Waals surface area contributed by atoms with Crippen LogP contribution in [0.3, 0.4) is 0 Å². The predicted molar refractivity (Wildman–Crippen MR) is 74.3 cm³/mol. The largest absolute Gasteiger partial charge is 0.314 e. The Morgan fingerprint density at radius 1 is 1.18 bits per heavy atom. The Morgan fingerprint density at radius 3 is 2.47 bits per heavy atom. The van der Waals surface area contributed by atoms with Gasteiger partial charge in [-0.3, -0.25) is 0 Å². The van der Waals surface area contributed by atoms with Crippen LogP contribution in [0, 0.1) is 5.92 Å². The number of piperidine rings is 1. The van der Waals surface area contributed by atoms with Crippen molar-refractivity contribution in [1.29, 1.82) is 0 Å². The van der Waals surface area contributed by atoms with Crippen molar-refractivity contribution in [2.45, 2.75) is 70.9 Å². The number of hydrogen-bond acceptors (Lipinski definition) is 2. The van der Waals surface area contributed by atoms with E-state index in [1.807, 2.05) is 0 Å². The second-order valence-corrected chi connectivity index (χ2v) is 6.11. The second kappa shape index (κ2) is 6.75. The Labute approximate surface area is 107 Å². The highest BCUT2D eigenvalue weighted by Crippen LogP contribution is 2.22. The third-order valence-electron chi connectivity index (χ3n) is 4.66. The molecule has 1 saturated heterocycles. The van der Waals surface area contributed by atoms with Crippen molar-refractivity contribution >= 4 is 0 Å². The van der Waals surface area contributed by atoms with Gasteiger partial charge in [0.25, 0.3) is 0 Å². The fourth-order valence-corrected chi connectivity index (χ4v) is 2.98. The maximum atomic E-state index is 3.61. The van der Waals surface area contributed by atoms with E-state index in [4.69, 9.17) is 0 Å². The molecule has 1 saturated carbocycles. The van der Waals surface area contributed by atoms with Crippen LogP contribution >= 0.6 is 0 Å². The first-order valence-corrected chi connectivity index (χ1v) is 7.77. The molecule has 0 aromatic carbocycles. The van der Waals surface area contributed by atoms with Gasteiger partial charge < -0.3 is 10.2 Å². The molecule has 0 radical (unpaired) electrons. The summed E-state index contributed by atoms with van der Waals surface area (Å²) in [4.78, 5) is 2.71. The van der Waals surface area contributed by atoms with E-state index in [0.29, 0.717) is 0 Å². The Hall–Kier alpha value is -0.0800. The standard InChI is InChI=1S/C15H30N2/c1-3-14-8-11-17(12-9-14)13(2)5-4-10-16-15-6-7-15/h13-16H,3-12H2,1-2H3. The molecular weight excluding hydrogens is 208 g/mol. The Morgan fingerprint density at radius 2 is 1.88 bits per heavy atom. The van der Waals surface area contributed by atoms with Crippen LogP contribution in [0.2, 0.25) is 0 Å². The summed E-state index contributed by atoms with van der Waals surface area (Å²) in [5.41, 5.74) is 0. The lowest BCUT2D eigenvalue weighted by Gasteiger charge is -2.35. The van der Waals surface area contributed by atoms with E-state index in [9.17, 15) is 0 Å². The average molecular weight is 238 g/mol. The van der Waals surface area contributed by atoms with E-state index in [2.05, 4.69) is 24.1 Å². The molecule has 0 aromatic rings. The summed E-state index contributed by atoms with van der Waals surface area (Å²) < 4.78 is 0. The first kappa shape index (κ1) is 13.4. The minimum atomic E-state index is 0.800. The van der Waals surface area contributed by atoms with Crippen LogP contribution in [-0.2, 0) is 0 Å². The summed E-state index contributed by atoms with van der Waals surface area (Å²) in [5.74, 6) is 1.01. The van der Waals surface area contributed by atoms with Crippen molar-refractivity contribution in [3.63, 3.8) is 0 Å². The van der Waals surface area contributed by atoms with Crippen LogP contribution in [0.15, 0.2) is 0 Å². The van der Waals surface area contributed by atoms with E-state index < -0.39 is 0 Å². The molecule has 1 heterocycles. The van der Waals surface area contributed by atoms with Crippen molar-refractivity contribution in [3.8, 4) is 0 Å². The Balaban J connectivity index is 1.54. The second-order valence-electron chi connectivity index (χ2n) is 6.11. The molecule has 1 aliphatic carbocycles. The van der Waals surface area contributed by atoms with Crippen molar-refractivity contribution in [2.75, 3.05) is 19.6 Å². The minimum absolute atomic E-state index is 0.800. The molecule has 2 heteroatoms. The average Bonchev–Trinajstić information content (AvgIpc) is 3.18. The summed E-state index contributed by atoms with van der Waals surface area (Å²) in [5, 5.41) is 3.61. The smallest absolute Gasteiger partial charge is 0.00682 e. The maximum absolute atomic E-state index is 3.61. The van der Waals surface area contributed by atoms with Crippen LogP contribution in [0.5, 0.6) is 0 Å². The highest BCUT2D eigenvalue weighted by Gasteiger charge is 2.22. The van der Waals surface area contributed by atoms with E-state index in [0.717, 1.165) is 18.0 Å². The number of nitrogens with zero attached hydrogens (tertiary/aromatic N) is 1. The molecule has 1 aliphatic heterocycles. The Bertz CT molecular complexity index is 205. The van der Waals surface area contributed by atoms with Gasteiger partial charge in [-0.1, -0.05) is 13.3 Å². The van der Waals surface area contributed by atoms with Crippen molar-refractivity contribution in [2.24, 2.45) is 5.92 Å². The summed E-state index contributed by atoms with van der Waals surface area (Å²) in [6.07, 6.45) is 9.80. The lowest BCUT2D eigenvalue weighted by atomic mass is 9.93. The lowest BCUT2D eigenvalue weighted by molar-refractivity contribution is 0.132. The van der Waals surface area contributed by atoms with Crippen LogP contribution < -0.4 is 5.32 Å². The molecule has 1 N–H and O–H groups in total. The molecule has 1 unspecified atom stereocenters. The summed E-state index contributed by atoms with van der Waals surface area (Å²) in [7, 11) is 0. The minimum Gasteiger partial charge on any atom is -0.314 e. The number of rotatable bonds is 7. The Kier molecular flexibility index (Phi) is 5.30. The summed E-state index contributed by atoms with van der Waals surface area (Å²) >= 11 is 0. The molecule has 2 rings (SSSR count). The van der Waals surface area contributed by atoms with E-state index in [-0.39, 0.29) is 0 Å². The lowest BCUT2D eigenvalue weighted by Crippen LogP contribution is -2.40. The first-order chi connectivity index (χ1) is 8.29. The topological polar surface area (TPSA) is 15.3 Å². The summed E-state index contributed by atoms with van der Waals surface area (Å²) in [6, 6.07) is 1.68. The van der Waals surface area contributed by atoms with Crippen LogP contribution in [0.25, 0.3) is 0 Å². The van der Waals surface area contributed by atoms with Gasteiger partial charge in [-0.15, -0.1) is 0 Å². The molecule has 0 spiro atoms. The SMILES string of the molecule is CCC1CCN(C(C)CCCNC2CC2)CC1. The highest BCUT2D eigenvalue weighted by atomic mass is 15.2. The molecule has 1 atom stereocenters. The van der Waals surface area contributed by atoms with Gasteiger partial charge in [-0.25, -0.2) is 0 Å². The molecule has 0 bridgehead atoms. The quantitative estimate of drug-likeness (QED) is 0.686. The molecule has 0 amide bonds. The monoisotopic (exact) mass is 238 g/mol. The predicted octanol–water partition coefficient (Wildman–Crippen LogP) is 3.03. The molecule has 2 fully saturated rings. The fraction of sp³-hybridized carbons (Fsp3) is 1.00. The van der Waals surface area contributed by atoms with Gasteiger partial charge in [-0.2, -0.15) is 0 Å². The number of likely N-dealkylation sites (tertiary alicyclic amines) is 1. The third kappa shape index (κ3) is 4.59. The first-order valence-electron chi connectivity index (χ1n) is 7.77. The molecule has 100 valence electrons. The van der Waals surface area contributed by atoms with Gasteiger partial charge in [0.1, 0.15) is 0 Å². The van der Waals surface area contributed by atoms with Gasteiger partial charge in [-0.05, 0) is 71.0 Å². The molecule has 2 aliphatic rings. The maximum Gasteiger partial charge on any atom is 0.00682 e. The van der Waals surface area contributed by atoms with Gasteiger partial charge in [0, 0.05) is 12.1 Å². The summed E-state index contributed by atoms with van der Waals surface area (Å²) in [6.45, 7) is 8.68. The zero-order valence-electron chi connectivity index (χ0n) is 11.8. The molecule has 17 heavy (non-hydrogen) atoms.